The van der Waals surface area contributed by atoms with Crippen molar-refractivity contribution in [3.63, 3.8) is 0 Å². The van der Waals surface area contributed by atoms with Gasteiger partial charge in [-0.25, -0.2) is 8.42 Å². The fraction of sp³-hybridized carbons (Fsp3) is 0.647. The van der Waals surface area contributed by atoms with Gasteiger partial charge in [0.1, 0.15) is 0 Å². The number of sulfonamides is 1. The molecule has 0 spiro atoms. The molecule has 1 fully saturated rings. The Labute approximate surface area is 148 Å². The molecular formula is C17H26INO2S. The molecule has 3 atom stereocenters. The largest absolute Gasteiger partial charge is 0.243 e. The lowest BCUT2D eigenvalue weighted by Gasteiger charge is -2.29. The molecule has 5 heteroatoms. The van der Waals surface area contributed by atoms with E-state index >= 15 is 0 Å². The number of unbranched alkanes of at least 4 members (excludes halogenated alkanes) is 1. The fourth-order valence-corrected chi connectivity index (χ4v) is 6.70. The van der Waals surface area contributed by atoms with E-state index in [1.807, 2.05) is 23.4 Å². The van der Waals surface area contributed by atoms with Crippen LogP contribution in [0.2, 0.25) is 0 Å². The first-order chi connectivity index (χ1) is 10.4. The molecule has 1 aliphatic heterocycles. The van der Waals surface area contributed by atoms with Crippen molar-refractivity contribution in [3.8, 4) is 0 Å². The molecule has 0 bridgehead atoms. The van der Waals surface area contributed by atoms with E-state index in [0.29, 0.717) is 8.82 Å². The van der Waals surface area contributed by atoms with Gasteiger partial charge in [-0.2, -0.15) is 4.31 Å². The minimum atomic E-state index is -3.40. The maximum absolute atomic E-state index is 13.2. The highest BCUT2D eigenvalue weighted by Crippen LogP contribution is 2.38. The average Bonchev–Trinajstić information content (AvgIpc) is 2.82. The van der Waals surface area contributed by atoms with Gasteiger partial charge in [0.25, 0.3) is 0 Å². The van der Waals surface area contributed by atoms with Gasteiger partial charge < -0.3 is 0 Å². The van der Waals surface area contributed by atoms with Crippen molar-refractivity contribution in [2.24, 2.45) is 0 Å². The van der Waals surface area contributed by atoms with Crippen molar-refractivity contribution in [2.75, 3.05) is 0 Å². The number of rotatable bonds is 6. The molecule has 0 amide bonds. The van der Waals surface area contributed by atoms with E-state index in [0.717, 1.165) is 37.7 Å². The lowest BCUT2D eigenvalue weighted by Crippen LogP contribution is -2.42. The highest BCUT2D eigenvalue weighted by molar-refractivity contribution is 14.1. The summed E-state index contributed by atoms with van der Waals surface area (Å²) in [5.41, 5.74) is 1.08. The second-order valence-electron chi connectivity index (χ2n) is 6.17. The molecule has 0 aromatic heterocycles. The summed E-state index contributed by atoms with van der Waals surface area (Å²) in [7, 11) is -3.40. The topological polar surface area (TPSA) is 37.4 Å². The summed E-state index contributed by atoms with van der Waals surface area (Å²) < 4.78 is 28.5. The summed E-state index contributed by atoms with van der Waals surface area (Å²) in [6, 6.07) is 7.52. The molecule has 1 heterocycles. The van der Waals surface area contributed by atoms with Crippen LogP contribution in [0.4, 0.5) is 0 Å². The number of benzene rings is 1. The lowest BCUT2D eigenvalue weighted by atomic mass is 10.1. The van der Waals surface area contributed by atoms with Crippen LogP contribution < -0.4 is 0 Å². The fourth-order valence-electron chi connectivity index (χ4n) is 3.23. The molecule has 0 N–H and O–H groups in total. The van der Waals surface area contributed by atoms with Gasteiger partial charge in [0.05, 0.1) is 4.90 Å². The van der Waals surface area contributed by atoms with Gasteiger partial charge in [-0.15, -0.1) is 0 Å². The molecule has 0 unspecified atom stereocenters. The van der Waals surface area contributed by atoms with Crippen LogP contribution >= 0.6 is 22.6 Å². The zero-order valence-electron chi connectivity index (χ0n) is 13.6. The van der Waals surface area contributed by atoms with Crippen LogP contribution in [-0.4, -0.2) is 28.7 Å². The third-order valence-corrected chi connectivity index (χ3v) is 7.85. The lowest BCUT2D eigenvalue weighted by molar-refractivity contribution is 0.302. The Kier molecular flexibility index (Phi) is 6.30. The number of halogens is 1. The van der Waals surface area contributed by atoms with Crippen molar-refractivity contribution in [3.05, 3.63) is 29.8 Å². The minimum absolute atomic E-state index is 0.134. The predicted octanol–water partition coefficient (Wildman–Crippen LogP) is 4.53. The summed E-state index contributed by atoms with van der Waals surface area (Å²) in [4.78, 5) is 0.434. The van der Waals surface area contributed by atoms with Gasteiger partial charge in [-0.1, -0.05) is 67.0 Å². The van der Waals surface area contributed by atoms with E-state index in [2.05, 4.69) is 36.4 Å². The van der Waals surface area contributed by atoms with Gasteiger partial charge in [-0.3, -0.25) is 0 Å². The zero-order chi connectivity index (χ0) is 16.3. The SMILES string of the molecule is CCCC[C@H]1[C@@H](I)C[C@@H](CC)N1S(=O)(=O)c1ccc(C)cc1. The molecule has 2 rings (SSSR count). The molecule has 22 heavy (non-hydrogen) atoms. The van der Waals surface area contributed by atoms with E-state index in [-0.39, 0.29) is 12.1 Å². The maximum atomic E-state index is 13.2. The molecule has 1 aliphatic rings. The van der Waals surface area contributed by atoms with Crippen molar-refractivity contribution in [1.82, 2.24) is 4.31 Å². The first-order valence-electron chi connectivity index (χ1n) is 8.16. The molecule has 1 aromatic rings. The molecule has 1 saturated heterocycles. The number of alkyl halides is 1. The Morgan fingerprint density at radius 2 is 1.86 bits per heavy atom. The van der Waals surface area contributed by atoms with Crippen LogP contribution in [0.25, 0.3) is 0 Å². The van der Waals surface area contributed by atoms with Crippen LogP contribution in [-0.2, 0) is 10.0 Å². The van der Waals surface area contributed by atoms with Gasteiger partial charge >= 0.3 is 0 Å². The summed E-state index contributed by atoms with van der Waals surface area (Å²) in [6.07, 6.45) is 5.00. The summed E-state index contributed by atoms with van der Waals surface area (Å²) in [6.45, 7) is 6.23. The maximum Gasteiger partial charge on any atom is 0.243 e. The Balaban J connectivity index is 2.37. The molecule has 0 aliphatic carbocycles. The third-order valence-electron chi connectivity index (χ3n) is 4.52. The van der Waals surface area contributed by atoms with Gasteiger partial charge in [0.2, 0.25) is 10.0 Å². The number of hydrogen-bond donors (Lipinski definition) is 0. The highest BCUT2D eigenvalue weighted by atomic mass is 127. The third kappa shape index (κ3) is 3.67. The quantitative estimate of drug-likeness (QED) is 0.487. The van der Waals surface area contributed by atoms with E-state index in [9.17, 15) is 8.42 Å². The van der Waals surface area contributed by atoms with Gasteiger partial charge in [0, 0.05) is 16.0 Å². The summed E-state index contributed by atoms with van der Waals surface area (Å²) in [5, 5.41) is 0. The first kappa shape index (κ1) is 18.2. The van der Waals surface area contributed by atoms with Crippen LogP contribution in [0, 0.1) is 6.92 Å². The molecule has 124 valence electrons. The van der Waals surface area contributed by atoms with E-state index in [1.165, 1.54) is 0 Å². The second-order valence-corrected chi connectivity index (χ2v) is 9.61. The Bertz CT molecular complexity index is 585. The van der Waals surface area contributed by atoms with Crippen molar-refractivity contribution >= 4 is 32.6 Å². The van der Waals surface area contributed by atoms with Crippen molar-refractivity contribution in [1.29, 1.82) is 0 Å². The molecule has 0 saturated carbocycles. The van der Waals surface area contributed by atoms with E-state index in [1.54, 1.807) is 12.1 Å². The number of hydrogen-bond acceptors (Lipinski definition) is 2. The molecular weight excluding hydrogens is 409 g/mol. The smallest absolute Gasteiger partial charge is 0.207 e. The summed E-state index contributed by atoms with van der Waals surface area (Å²) >= 11 is 2.45. The summed E-state index contributed by atoms with van der Waals surface area (Å²) in [5.74, 6) is 0. The van der Waals surface area contributed by atoms with Crippen LogP contribution in [0.5, 0.6) is 0 Å². The zero-order valence-corrected chi connectivity index (χ0v) is 16.6. The minimum Gasteiger partial charge on any atom is -0.207 e. The number of nitrogens with zero attached hydrogens (tertiary/aromatic N) is 1. The van der Waals surface area contributed by atoms with Crippen LogP contribution in [0.3, 0.4) is 0 Å². The van der Waals surface area contributed by atoms with Crippen LogP contribution in [0.1, 0.15) is 51.5 Å². The highest BCUT2D eigenvalue weighted by Gasteiger charge is 2.45. The Morgan fingerprint density at radius 3 is 2.41 bits per heavy atom. The second kappa shape index (κ2) is 7.62. The van der Waals surface area contributed by atoms with Gasteiger partial charge in [-0.05, 0) is 38.3 Å². The first-order valence-corrected chi connectivity index (χ1v) is 10.8. The predicted molar refractivity (Wildman–Crippen MR) is 100 cm³/mol. The standard InChI is InChI=1S/C17H26INO2S/c1-4-6-7-17-16(18)12-14(5-2)19(17)22(20,21)15-10-8-13(3)9-11-15/h8-11,14,16-17H,4-7,12H2,1-3H3/t14-,16+,17+/m1/s1. The molecule has 0 radical (unpaired) electrons. The molecule has 3 nitrogen and oxygen atoms in total. The van der Waals surface area contributed by atoms with E-state index in [4.69, 9.17) is 0 Å². The molecule has 1 aromatic carbocycles. The van der Waals surface area contributed by atoms with Gasteiger partial charge in [0.15, 0.2) is 0 Å². The average molecular weight is 435 g/mol. The monoisotopic (exact) mass is 435 g/mol. The number of aryl methyl sites for hydroxylation is 1. The van der Waals surface area contributed by atoms with Crippen molar-refractivity contribution < 1.29 is 8.42 Å². The normalized spacial score (nSPS) is 26.5. The van der Waals surface area contributed by atoms with Crippen molar-refractivity contribution in [2.45, 2.75) is 73.8 Å². The van der Waals surface area contributed by atoms with Crippen LogP contribution in [0.15, 0.2) is 29.2 Å². The Hall–Kier alpha value is -0.140. The Morgan fingerprint density at radius 1 is 1.23 bits per heavy atom. The van der Waals surface area contributed by atoms with E-state index < -0.39 is 10.0 Å².